The number of carbonyl (C=O) groups is 2. The van der Waals surface area contributed by atoms with Crippen molar-refractivity contribution in [1.82, 2.24) is 25.4 Å². The third kappa shape index (κ3) is 3.55. The van der Waals surface area contributed by atoms with E-state index in [1.807, 2.05) is 36.4 Å². The Hall–Kier alpha value is -3.35. The summed E-state index contributed by atoms with van der Waals surface area (Å²) >= 11 is 0. The van der Waals surface area contributed by atoms with Gasteiger partial charge in [0.1, 0.15) is 11.4 Å². The highest BCUT2D eigenvalue weighted by molar-refractivity contribution is 5.94. The van der Waals surface area contributed by atoms with E-state index >= 15 is 0 Å². The quantitative estimate of drug-likeness (QED) is 0.626. The maximum Gasteiger partial charge on any atom is 0.274 e. The number of nitrogens with one attached hydrogen (secondary N) is 3. The maximum absolute atomic E-state index is 13.1. The van der Waals surface area contributed by atoms with Crippen LogP contribution in [0, 0.1) is 0 Å². The number of benzene rings is 1. The number of likely N-dealkylation sites (tertiary alicyclic amines) is 1. The van der Waals surface area contributed by atoms with Crippen LogP contribution in [0.2, 0.25) is 0 Å². The Kier molecular flexibility index (Phi) is 4.42. The molecule has 2 fully saturated rings. The highest BCUT2D eigenvalue weighted by Gasteiger charge is 2.38. The van der Waals surface area contributed by atoms with Gasteiger partial charge in [-0.05, 0) is 36.6 Å². The van der Waals surface area contributed by atoms with Crippen LogP contribution in [0.3, 0.4) is 0 Å². The van der Waals surface area contributed by atoms with E-state index in [-0.39, 0.29) is 23.8 Å². The number of aromatic nitrogens is 3. The zero-order valence-electron chi connectivity index (χ0n) is 16.0. The molecule has 2 atom stereocenters. The Morgan fingerprint density at radius 1 is 1.07 bits per heavy atom. The van der Waals surface area contributed by atoms with Crippen molar-refractivity contribution in [3.8, 4) is 0 Å². The predicted molar refractivity (Wildman–Crippen MR) is 108 cm³/mol. The molecule has 7 nitrogen and oxygen atoms in total. The molecule has 1 saturated heterocycles. The minimum Gasteiger partial charge on any atom is -0.357 e. The van der Waals surface area contributed by atoms with Crippen molar-refractivity contribution >= 4 is 11.8 Å². The van der Waals surface area contributed by atoms with Gasteiger partial charge in [-0.3, -0.25) is 14.7 Å². The summed E-state index contributed by atoms with van der Waals surface area (Å²) in [5.74, 6) is 0.296. The topological polar surface area (TPSA) is 93.9 Å². The zero-order valence-corrected chi connectivity index (χ0v) is 16.0. The van der Waals surface area contributed by atoms with Crippen LogP contribution in [0.1, 0.15) is 56.9 Å². The van der Waals surface area contributed by atoms with Crippen molar-refractivity contribution in [3.05, 3.63) is 77.4 Å². The smallest absolute Gasteiger partial charge is 0.274 e. The van der Waals surface area contributed by atoms with Crippen LogP contribution in [0.25, 0.3) is 0 Å². The van der Waals surface area contributed by atoms with Gasteiger partial charge in [-0.15, -0.1) is 0 Å². The molecular weight excluding hydrogens is 366 g/mol. The normalized spacial score (nSPS) is 21.3. The molecule has 2 aliphatic rings. The molecule has 1 aromatic carbocycles. The number of rotatable bonds is 5. The molecular formula is C22H23N5O2. The summed E-state index contributed by atoms with van der Waals surface area (Å²) in [5, 5.41) is 10.4. The summed E-state index contributed by atoms with van der Waals surface area (Å²) in [7, 11) is 0. The third-order valence-electron chi connectivity index (χ3n) is 5.83. The molecule has 3 N–H and O–H groups in total. The Morgan fingerprint density at radius 2 is 1.90 bits per heavy atom. The lowest BCUT2D eigenvalue weighted by atomic mass is 9.94. The van der Waals surface area contributed by atoms with Gasteiger partial charge in [0.2, 0.25) is 0 Å². The standard InChI is InChI=1S/C22H23N5O2/c28-21(17-7-4-10-23-17)24-20-13-27(12-16(20)14-5-2-1-3-6-14)22(29)19-11-18(25-26-19)15-8-9-15/h1-7,10-11,15-16,20,23H,8-9,12-13H2,(H,24,28)(H,25,26)/t16-,20+/m0/s1. The Balaban J connectivity index is 1.36. The molecule has 0 unspecified atom stereocenters. The van der Waals surface area contributed by atoms with E-state index in [1.165, 1.54) is 0 Å². The molecule has 3 aromatic rings. The minimum absolute atomic E-state index is 0.0286. The fourth-order valence-corrected chi connectivity index (χ4v) is 4.08. The Labute approximate surface area is 168 Å². The lowest BCUT2D eigenvalue weighted by Gasteiger charge is -2.19. The van der Waals surface area contributed by atoms with Gasteiger partial charge < -0.3 is 15.2 Å². The van der Waals surface area contributed by atoms with Gasteiger partial charge in [0, 0.05) is 36.8 Å². The number of carbonyl (C=O) groups excluding carboxylic acids is 2. The summed E-state index contributed by atoms with van der Waals surface area (Å²) in [6, 6.07) is 15.3. The van der Waals surface area contributed by atoms with Gasteiger partial charge >= 0.3 is 0 Å². The molecule has 1 aliphatic heterocycles. The molecule has 1 saturated carbocycles. The second kappa shape index (κ2) is 7.24. The van der Waals surface area contributed by atoms with Crippen LogP contribution in [0.15, 0.2) is 54.7 Å². The van der Waals surface area contributed by atoms with Crippen LogP contribution in [0.4, 0.5) is 0 Å². The molecule has 0 spiro atoms. The van der Waals surface area contributed by atoms with Crippen molar-refractivity contribution in [2.45, 2.75) is 30.7 Å². The van der Waals surface area contributed by atoms with E-state index in [9.17, 15) is 9.59 Å². The largest absolute Gasteiger partial charge is 0.357 e. The van der Waals surface area contributed by atoms with Crippen LogP contribution in [-0.4, -0.2) is 51.0 Å². The van der Waals surface area contributed by atoms with Crippen LogP contribution >= 0.6 is 0 Å². The number of aromatic amines is 2. The monoisotopic (exact) mass is 389 g/mol. The number of H-pyrrole nitrogens is 2. The van der Waals surface area contributed by atoms with Gasteiger partial charge in [-0.25, -0.2) is 0 Å². The zero-order chi connectivity index (χ0) is 19.8. The first-order chi connectivity index (χ1) is 14.2. The fourth-order valence-electron chi connectivity index (χ4n) is 4.08. The van der Waals surface area contributed by atoms with Gasteiger partial charge in [0.05, 0.1) is 6.04 Å². The molecule has 3 heterocycles. The molecule has 148 valence electrons. The molecule has 1 aliphatic carbocycles. The van der Waals surface area contributed by atoms with Gasteiger partial charge in [0.15, 0.2) is 0 Å². The second-order valence-electron chi connectivity index (χ2n) is 7.87. The fraction of sp³-hybridized carbons (Fsp3) is 0.318. The average Bonchev–Trinajstić information content (AvgIpc) is 3.18. The molecule has 29 heavy (non-hydrogen) atoms. The van der Waals surface area contributed by atoms with Crippen molar-refractivity contribution in [1.29, 1.82) is 0 Å². The molecule has 2 aromatic heterocycles. The van der Waals surface area contributed by atoms with Crippen LogP contribution in [-0.2, 0) is 0 Å². The number of hydrogen-bond acceptors (Lipinski definition) is 3. The first kappa shape index (κ1) is 17.7. The summed E-state index contributed by atoms with van der Waals surface area (Å²) in [4.78, 5) is 30.4. The van der Waals surface area contributed by atoms with Crippen molar-refractivity contribution < 1.29 is 9.59 Å². The van der Waals surface area contributed by atoms with E-state index in [2.05, 4.69) is 20.5 Å². The number of amides is 2. The van der Waals surface area contributed by atoms with Crippen LogP contribution in [0.5, 0.6) is 0 Å². The Morgan fingerprint density at radius 3 is 2.62 bits per heavy atom. The van der Waals surface area contributed by atoms with E-state index < -0.39 is 0 Å². The Bertz CT molecular complexity index is 1010. The SMILES string of the molecule is O=C(N[C@@H]1CN(C(=O)c2cc(C3CC3)[nH]n2)C[C@H]1c1ccccc1)c1ccc[nH]1. The molecule has 5 rings (SSSR count). The highest BCUT2D eigenvalue weighted by Crippen LogP contribution is 2.39. The summed E-state index contributed by atoms with van der Waals surface area (Å²) in [6.45, 7) is 1.00. The first-order valence-electron chi connectivity index (χ1n) is 10.0. The van der Waals surface area contributed by atoms with E-state index in [4.69, 9.17) is 0 Å². The van der Waals surface area contributed by atoms with Gasteiger partial charge in [0.25, 0.3) is 11.8 Å². The van der Waals surface area contributed by atoms with Crippen molar-refractivity contribution in [2.75, 3.05) is 13.1 Å². The second-order valence-corrected chi connectivity index (χ2v) is 7.87. The molecule has 0 bridgehead atoms. The number of hydrogen-bond donors (Lipinski definition) is 3. The van der Waals surface area contributed by atoms with Crippen molar-refractivity contribution in [2.24, 2.45) is 0 Å². The van der Waals surface area contributed by atoms with Crippen molar-refractivity contribution in [3.63, 3.8) is 0 Å². The number of nitrogens with zero attached hydrogens (tertiary/aromatic N) is 2. The lowest BCUT2D eigenvalue weighted by Crippen LogP contribution is -2.40. The van der Waals surface area contributed by atoms with E-state index in [0.29, 0.717) is 30.4 Å². The third-order valence-corrected chi connectivity index (χ3v) is 5.83. The summed E-state index contributed by atoms with van der Waals surface area (Å²) in [6.07, 6.45) is 4.04. The maximum atomic E-state index is 13.1. The summed E-state index contributed by atoms with van der Waals surface area (Å²) < 4.78 is 0. The van der Waals surface area contributed by atoms with Gasteiger partial charge in [-0.2, -0.15) is 5.10 Å². The summed E-state index contributed by atoms with van der Waals surface area (Å²) in [5.41, 5.74) is 3.13. The van der Waals surface area contributed by atoms with Crippen LogP contribution < -0.4 is 5.32 Å². The molecule has 7 heteroatoms. The molecule has 0 radical (unpaired) electrons. The lowest BCUT2D eigenvalue weighted by molar-refractivity contribution is 0.0776. The van der Waals surface area contributed by atoms with E-state index in [0.717, 1.165) is 24.1 Å². The molecule has 2 amide bonds. The van der Waals surface area contributed by atoms with Gasteiger partial charge in [-0.1, -0.05) is 30.3 Å². The predicted octanol–water partition coefficient (Wildman–Crippen LogP) is 2.65. The highest BCUT2D eigenvalue weighted by atomic mass is 16.2. The minimum atomic E-state index is -0.168. The van der Waals surface area contributed by atoms with E-state index in [1.54, 1.807) is 23.2 Å². The average molecular weight is 389 g/mol. The first-order valence-corrected chi connectivity index (χ1v) is 10.0.